The van der Waals surface area contributed by atoms with Gasteiger partial charge in [-0.1, -0.05) is 24.3 Å². The number of carbonyl (C=O) groups excluding carboxylic acids is 1. The number of morpholine rings is 1. The molecule has 0 unspecified atom stereocenters. The number of pyridine rings is 1. The van der Waals surface area contributed by atoms with Gasteiger partial charge in [0.25, 0.3) is 0 Å². The van der Waals surface area contributed by atoms with Gasteiger partial charge in [-0.2, -0.15) is 0 Å². The second-order valence-corrected chi connectivity index (χ2v) is 6.56. The molecule has 6 heteroatoms. The lowest BCUT2D eigenvalue weighted by atomic mass is 9.99. The molecule has 0 atom stereocenters. The number of rotatable bonds is 5. The highest BCUT2D eigenvalue weighted by Gasteiger charge is 2.13. The van der Waals surface area contributed by atoms with Crippen LogP contribution in [-0.4, -0.2) is 42.6 Å². The summed E-state index contributed by atoms with van der Waals surface area (Å²) in [5, 5.41) is 3.59. The normalized spacial score (nSPS) is 15.0. The van der Waals surface area contributed by atoms with Crippen LogP contribution in [0.1, 0.15) is 5.56 Å². The monoisotopic (exact) mass is 365 g/mol. The van der Waals surface area contributed by atoms with Crippen LogP contribution in [0.5, 0.6) is 0 Å². The molecule has 1 fully saturated rings. The second-order valence-electron chi connectivity index (χ2n) is 6.56. The van der Waals surface area contributed by atoms with E-state index in [4.69, 9.17) is 4.74 Å². The van der Waals surface area contributed by atoms with Gasteiger partial charge in [0.2, 0.25) is 6.41 Å². The van der Waals surface area contributed by atoms with Crippen LogP contribution in [-0.2, 0) is 16.1 Å². The topological polar surface area (TPSA) is 54.5 Å². The van der Waals surface area contributed by atoms with Crippen molar-refractivity contribution in [2.24, 2.45) is 0 Å². The van der Waals surface area contributed by atoms with Gasteiger partial charge in [0.1, 0.15) is 11.6 Å². The molecule has 0 spiro atoms. The van der Waals surface area contributed by atoms with E-state index in [-0.39, 0.29) is 5.82 Å². The number of amides is 1. The number of hydrogen-bond donors (Lipinski definition) is 1. The zero-order valence-electron chi connectivity index (χ0n) is 14.8. The summed E-state index contributed by atoms with van der Waals surface area (Å²) >= 11 is 0. The molecule has 3 aromatic rings. The SMILES string of the molecule is O=CNc1cc(-c2ccc(F)cc2)c2ccc(CN3CCOCC3)cc2n1. The van der Waals surface area contributed by atoms with Crippen LogP contribution in [0, 0.1) is 5.82 Å². The number of carbonyl (C=O) groups is 1. The summed E-state index contributed by atoms with van der Waals surface area (Å²) in [4.78, 5) is 17.8. The number of nitrogens with one attached hydrogen (secondary N) is 1. The average molecular weight is 365 g/mol. The first-order valence-electron chi connectivity index (χ1n) is 8.93. The van der Waals surface area contributed by atoms with Crippen LogP contribution < -0.4 is 5.32 Å². The van der Waals surface area contributed by atoms with Crippen molar-refractivity contribution in [2.45, 2.75) is 6.54 Å². The summed E-state index contributed by atoms with van der Waals surface area (Å²) in [5.74, 6) is 0.191. The maximum atomic E-state index is 13.3. The van der Waals surface area contributed by atoms with Gasteiger partial charge in [0.15, 0.2) is 0 Å². The Bertz CT molecular complexity index is 954. The van der Waals surface area contributed by atoms with E-state index in [2.05, 4.69) is 21.3 Å². The quantitative estimate of drug-likeness (QED) is 0.704. The van der Waals surface area contributed by atoms with E-state index < -0.39 is 0 Å². The minimum atomic E-state index is -0.281. The lowest BCUT2D eigenvalue weighted by Gasteiger charge is -2.26. The lowest BCUT2D eigenvalue weighted by molar-refractivity contribution is -0.105. The van der Waals surface area contributed by atoms with Gasteiger partial charge in [0, 0.05) is 25.0 Å². The summed E-state index contributed by atoms with van der Waals surface area (Å²) in [6.07, 6.45) is 0.611. The predicted molar refractivity (Wildman–Crippen MR) is 103 cm³/mol. The Balaban J connectivity index is 1.75. The molecule has 0 aliphatic carbocycles. The molecule has 2 heterocycles. The molecule has 0 radical (unpaired) electrons. The number of aromatic nitrogens is 1. The van der Waals surface area contributed by atoms with Crippen molar-refractivity contribution in [3.05, 3.63) is 59.9 Å². The fourth-order valence-electron chi connectivity index (χ4n) is 3.39. The van der Waals surface area contributed by atoms with Gasteiger partial charge in [-0.3, -0.25) is 9.69 Å². The number of nitrogens with zero attached hydrogens (tertiary/aromatic N) is 2. The summed E-state index contributed by atoms with van der Waals surface area (Å²) in [6, 6.07) is 14.3. The Labute approximate surface area is 156 Å². The zero-order valence-corrected chi connectivity index (χ0v) is 14.8. The first-order chi connectivity index (χ1) is 13.2. The molecule has 27 heavy (non-hydrogen) atoms. The largest absolute Gasteiger partial charge is 0.379 e. The molecule has 1 amide bonds. The molecule has 1 aromatic heterocycles. The first kappa shape index (κ1) is 17.6. The Morgan fingerprint density at radius 3 is 2.63 bits per heavy atom. The van der Waals surface area contributed by atoms with Gasteiger partial charge < -0.3 is 10.1 Å². The average Bonchev–Trinajstić information content (AvgIpc) is 2.69. The third kappa shape index (κ3) is 3.97. The van der Waals surface area contributed by atoms with Crippen LogP contribution in [0.3, 0.4) is 0 Å². The number of ether oxygens (including phenoxy) is 1. The number of hydrogen-bond acceptors (Lipinski definition) is 4. The van der Waals surface area contributed by atoms with Gasteiger partial charge in [-0.25, -0.2) is 9.37 Å². The van der Waals surface area contributed by atoms with Crippen LogP contribution in [0.25, 0.3) is 22.0 Å². The highest BCUT2D eigenvalue weighted by Crippen LogP contribution is 2.31. The second kappa shape index (κ2) is 7.82. The van der Waals surface area contributed by atoms with Crippen molar-refractivity contribution in [1.29, 1.82) is 0 Å². The van der Waals surface area contributed by atoms with Crippen LogP contribution >= 0.6 is 0 Å². The molecule has 0 saturated carbocycles. The minimum absolute atomic E-state index is 0.281. The van der Waals surface area contributed by atoms with Crippen LogP contribution in [0.4, 0.5) is 10.2 Å². The van der Waals surface area contributed by atoms with Gasteiger partial charge in [-0.15, -0.1) is 0 Å². The Morgan fingerprint density at radius 1 is 1.11 bits per heavy atom. The maximum Gasteiger partial charge on any atom is 0.212 e. The highest BCUT2D eigenvalue weighted by molar-refractivity contribution is 5.97. The molecule has 1 saturated heterocycles. The highest BCUT2D eigenvalue weighted by atomic mass is 19.1. The smallest absolute Gasteiger partial charge is 0.212 e. The molecular weight excluding hydrogens is 345 g/mol. The van der Waals surface area contributed by atoms with Crippen molar-refractivity contribution in [3.8, 4) is 11.1 Å². The molecule has 4 rings (SSSR count). The third-order valence-corrected chi connectivity index (χ3v) is 4.75. The van der Waals surface area contributed by atoms with E-state index in [9.17, 15) is 9.18 Å². The summed E-state index contributed by atoms with van der Waals surface area (Å²) in [5.41, 5.74) is 3.73. The van der Waals surface area contributed by atoms with Gasteiger partial charge in [-0.05, 0) is 41.0 Å². The maximum absolute atomic E-state index is 13.3. The summed E-state index contributed by atoms with van der Waals surface area (Å²) in [7, 11) is 0. The van der Waals surface area contributed by atoms with Crippen molar-refractivity contribution in [2.75, 3.05) is 31.6 Å². The molecule has 138 valence electrons. The summed E-state index contributed by atoms with van der Waals surface area (Å²) in [6.45, 7) is 4.18. The molecule has 1 aliphatic rings. The number of halogens is 1. The predicted octanol–water partition coefficient (Wildman–Crippen LogP) is 3.44. The summed E-state index contributed by atoms with van der Waals surface area (Å²) < 4.78 is 18.7. The van der Waals surface area contributed by atoms with Crippen molar-refractivity contribution in [1.82, 2.24) is 9.88 Å². The fourth-order valence-corrected chi connectivity index (χ4v) is 3.39. The Morgan fingerprint density at radius 2 is 1.89 bits per heavy atom. The minimum Gasteiger partial charge on any atom is -0.379 e. The van der Waals surface area contributed by atoms with Crippen molar-refractivity contribution in [3.63, 3.8) is 0 Å². The van der Waals surface area contributed by atoms with Gasteiger partial charge >= 0.3 is 0 Å². The Kier molecular flexibility index (Phi) is 5.09. The van der Waals surface area contributed by atoms with E-state index in [1.54, 1.807) is 12.1 Å². The zero-order chi connectivity index (χ0) is 18.6. The Hall–Kier alpha value is -2.83. The molecule has 2 aromatic carbocycles. The van der Waals surface area contributed by atoms with E-state index in [0.717, 1.165) is 60.4 Å². The first-order valence-corrected chi connectivity index (χ1v) is 8.93. The molecule has 0 bridgehead atoms. The van der Waals surface area contributed by atoms with Crippen molar-refractivity contribution < 1.29 is 13.9 Å². The van der Waals surface area contributed by atoms with E-state index in [1.807, 2.05) is 18.2 Å². The van der Waals surface area contributed by atoms with E-state index in [0.29, 0.717) is 12.2 Å². The molecule has 1 aliphatic heterocycles. The number of anilines is 1. The lowest BCUT2D eigenvalue weighted by Crippen LogP contribution is -2.35. The number of benzene rings is 2. The molecule has 1 N–H and O–H groups in total. The van der Waals surface area contributed by atoms with Crippen LogP contribution in [0.15, 0.2) is 48.5 Å². The molecule has 5 nitrogen and oxygen atoms in total. The third-order valence-electron chi connectivity index (χ3n) is 4.75. The van der Waals surface area contributed by atoms with Crippen molar-refractivity contribution >= 4 is 23.1 Å². The number of fused-ring (bicyclic) bond motifs is 1. The fraction of sp³-hybridized carbons (Fsp3) is 0.238. The van der Waals surface area contributed by atoms with Crippen LogP contribution in [0.2, 0.25) is 0 Å². The van der Waals surface area contributed by atoms with E-state index >= 15 is 0 Å². The standard InChI is InChI=1S/C21H20FN3O2/c22-17-4-2-16(3-5-17)19-12-21(23-14-26)24-20-11-15(1-6-18(19)20)13-25-7-9-27-10-8-25/h1-6,11-12,14H,7-10,13H2,(H,23,24,26). The van der Waals surface area contributed by atoms with Gasteiger partial charge in [0.05, 0.1) is 18.7 Å². The molecular formula is C21H20FN3O2. The van der Waals surface area contributed by atoms with E-state index in [1.165, 1.54) is 12.1 Å².